The van der Waals surface area contributed by atoms with Gasteiger partial charge in [-0.15, -0.1) is 0 Å². The van der Waals surface area contributed by atoms with Gasteiger partial charge in [0.15, 0.2) is 11.4 Å². The summed E-state index contributed by atoms with van der Waals surface area (Å²) in [7, 11) is 2.71. The average molecular weight is 1220 g/mol. The molecule has 3 aliphatic carbocycles. The molecule has 2 bridgehead atoms. The molecule has 3 fully saturated rings. The van der Waals surface area contributed by atoms with E-state index >= 15 is 9.59 Å². The Balaban J connectivity index is 1.33. The first-order chi connectivity index (χ1) is 40.7. The number of benzene rings is 2. The number of Topliss-reactive ketones (excluding diaryl/α,β-unsaturated/α-hetero) is 1. The quantitative estimate of drug-likeness (QED) is 0.0276. The van der Waals surface area contributed by atoms with Crippen molar-refractivity contribution in [3.63, 3.8) is 0 Å². The summed E-state index contributed by atoms with van der Waals surface area (Å²) in [5.74, 6) is -9.26. The number of carbonyl (C=O) groups is 10. The SMILES string of the molecule is CO[C@H]1C(=O)[C@]2(C)[C@@H](OC)C[C@H]3OC[C@@]3(OC(C)=O)[C@H]2[C@@](C)(OC(=O)c2ccccc2)[C@]2(O)C[C@H](OC(=O)[C@H](OC(=O)CCC(=O)NCCCC[C@@H](C)NC(=O)N[C@@H](CCC(=O)O)C(=O)O)[C@@H](NC(=O)OC(C)(C)C)c3ccccc3)C(C)=C1C2(C)C. The van der Waals surface area contributed by atoms with Crippen molar-refractivity contribution >= 4 is 59.6 Å². The monoisotopic (exact) mass is 1220 g/mol. The van der Waals surface area contributed by atoms with Crippen molar-refractivity contribution in [1.29, 1.82) is 0 Å². The third-order valence-electron chi connectivity index (χ3n) is 17.4. The summed E-state index contributed by atoms with van der Waals surface area (Å²) in [6.45, 7) is 15.5. The summed E-state index contributed by atoms with van der Waals surface area (Å²) in [5, 5.41) is 42.8. The highest BCUT2D eigenvalue weighted by Gasteiger charge is 2.82. The maximum absolute atomic E-state index is 16.0. The summed E-state index contributed by atoms with van der Waals surface area (Å²) in [6.07, 6.45) is -9.07. The van der Waals surface area contributed by atoms with Gasteiger partial charge in [0.05, 0.1) is 36.0 Å². The number of aliphatic carboxylic acids is 2. The predicted octanol–water partition coefficient (Wildman–Crippen LogP) is 5.58. The van der Waals surface area contributed by atoms with Gasteiger partial charge in [0, 0.05) is 64.8 Å². The molecule has 478 valence electrons. The van der Waals surface area contributed by atoms with E-state index in [1.807, 2.05) is 0 Å². The minimum absolute atomic E-state index is 0.0386. The summed E-state index contributed by atoms with van der Waals surface area (Å²) < 4.78 is 49.6. The number of methoxy groups -OCH3 is 2. The maximum atomic E-state index is 16.0. The van der Waals surface area contributed by atoms with Crippen molar-refractivity contribution in [2.24, 2.45) is 16.7 Å². The normalized spacial score (nSPS) is 27.6. The number of esters is 4. The van der Waals surface area contributed by atoms with Crippen molar-refractivity contribution in [2.75, 3.05) is 27.4 Å². The van der Waals surface area contributed by atoms with E-state index in [-0.39, 0.29) is 48.3 Å². The molecule has 1 saturated heterocycles. The van der Waals surface area contributed by atoms with Gasteiger partial charge in [0.25, 0.3) is 0 Å². The van der Waals surface area contributed by atoms with Crippen LogP contribution in [-0.4, -0.2) is 167 Å². The number of alkyl carbamates (subject to hydrolysis) is 1. The molecule has 0 aromatic heterocycles. The number of unbranched alkanes of at least 4 members (excludes halogenated alkanes) is 1. The Kier molecular flexibility index (Phi) is 21.9. The third-order valence-corrected chi connectivity index (χ3v) is 17.4. The smallest absolute Gasteiger partial charge is 0.408 e. The van der Waals surface area contributed by atoms with Crippen LogP contribution >= 0.6 is 0 Å². The van der Waals surface area contributed by atoms with E-state index < -0.39 is 173 Å². The molecule has 25 nitrogen and oxygen atoms in total. The largest absolute Gasteiger partial charge is 0.481 e. The van der Waals surface area contributed by atoms with Crippen molar-refractivity contribution in [3.05, 3.63) is 82.9 Å². The Morgan fingerprint density at radius 1 is 0.816 bits per heavy atom. The van der Waals surface area contributed by atoms with Gasteiger partial charge in [-0.05, 0) is 103 Å². The number of carbonyl (C=O) groups excluding carboxylic acids is 8. The first-order valence-electron chi connectivity index (χ1n) is 29.1. The van der Waals surface area contributed by atoms with E-state index in [0.29, 0.717) is 19.3 Å². The van der Waals surface area contributed by atoms with Crippen LogP contribution in [0.15, 0.2) is 71.8 Å². The molecular formula is C62H84N4O21. The van der Waals surface area contributed by atoms with Crippen LogP contribution in [0.1, 0.15) is 149 Å². The fourth-order valence-corrected chi connectivity index (χ4v) is 13.3. The number of aliphatic hydroxyl groups is 1. The minimum Gasteiger partial charge on any atom is -0.481 e. The molecule has 1 aliphatic heterocycles. The van der Waals surface area contributed by atoms with Crippen LogP contribution in [0.2, 0.25) is 0 Å². The van der Waals surface area contributed by atoms with Gasteiger partial charge in [0.2, 0.25) is 12.0 Å². The van der Waals surface area contributed by atoms with E-state index in [9.17, 15) is 48.6 Å². The Labute approximate surface area is 505 Å². The molecule has 0 unspecified atom stereocenters. The second kappa shape index (κ2) is 27.7. The van der Waals surface area contributed by atoms with Gasteiger partial charge in [0.1, 0.15) is 47.2 Å². The van der Waals surface area contributed by atoms with Gasteiger partial charge >= 0.3 is 47.9 Å². The number of carboxylic acids is 2. The van der Waals surface area contributed by atoms with Crippen LogP contribution in [-0.2, 0) is 71.5 Å². The van der Waals surface area contributed by atoms with E-state index in [4.69, 9.17) is 43.0 Å². The zero-order valence-corrected chi connectivity index (χ0v) is 51.4. The highest BCUT2D eigenvalue weighted by Crippen LogP contribution is 2.68. The second-order valence-electron chi connectivity index (χ2n) is 24.7. The summed E-state index contributed by atoms with van der Waals surface area (Å²) >= 11 is 0. The standard InChI is InChI=1S/C62H84N4O21/c1-34(64-55(77)65-39(51(73)74)26-28-44(69)70)21-19-20-30-63-43(68)27-29-45(71)84-49(47(37-22-15-13-16-23-37)66-56(78)87-57(4,5)6)53(76)83-40-32-62(79)58(7,8)46(35(40)2)48(81-12)50(72)59(9)41(80-11)31-42-61(33-82-42,85-36(3)67)54(59)60(62,10)86-52(75)38-24-17-14-18-25-38/h13-18,22-25,34,39-42,47-49,54,79H,19-21,26-33H2,1-12H3,(H,63,68)(H,66,78)(H,69,70)(H,73,74)(H2,64,65,77)/t34-,39+,40+,41+,42-,47+,48-,49-,54-,59+,60-,61+,62+/m1/s1. The van der Waals surface area contributed by atoms with E-state index in [1.165, 1.54) is 40.2 Å². The van der Waals surface area contributed by atoms with Crippen LogP contribution < -0.4 is 21.3 Å². The van der Waals surface area contributed by atoms with Gasteiger partial charge in [-0.2, -0.15) is 0 Å². The first kappa shape index (κ1) is 68.6. The summed E-state index contributed by atoms with van der Waals surface area (Å²) in [6, 6.07) is 11.8. The first-order valence-corrected chi connectivity index (χ1v) is 29.1. The topological polar surface area (TPSA) is 353 Å². The third kappa shape index (κ3) is 14.8. The molecule has 87 heavy (non-hydrogen) atoms. The molecule has 0 spiro atoms. The zero-order chi connectivity index (χ0) is 64.6. The Morgan fingerprint density at radius 3 is 2.02 bits per heavy atom. The molecule has 25 heteroatoms. The second-order valence-corrected chi connectivity index (χ2v) is 24.7. The number of ether oxygens (including phenoxy) is 8. The Morgan fingerprint density at radius 2 is 1.46 bits per heavy atom. The lowest BCUT2D eigenvalue weighted by Crippen LogP contribution is -2.85. The number of nitrogens with one attached hydrogen (secondary N) is 4. The molecule has 2 aromatic rings. The van der Waals surface area contributed by atoms with Crippen LogP contribution in [0.5, 0.6) is 0 Å². The molecule has 1 heterocycles. The Bertz CT molecular complexity index is 2930. The predicted molar refractivity (Wildman–Crippen MR) is 307 cm³/mol. The molecular weight excluding hydrogens is 1140 g/mol. The summed E-state index contributed by atoms with van der Waals surface area (Å²) in [4.78, 5) is 136. The van der Waals surface area contributed by atoms with Gasteiger partial charge in [-0.25, -0.2) is 24.0 Å². The van der Waals surface area contributed by atoms with Gasteiger partial charge < -0.3 is 74.5 Å². The highest BCUT2D eigenvalue weighted by atomic mass is 16.6. The van der Waals surface area contributed by atoms with Crippen LogP contribution in [0.4, 0.5) is 9.59 Å². The molecule has 2 saturated carbocycles. The lowest BCUT2D eigenvalue weighted by molar-refractivity contribution is -0.367. The number of hydrogen-bond acceptors (Lipinski definition) is 19. The van der Waals surface area contributed by atoms with Crippen LogP contribution in [0.3, 0.4) is 0 Å². The number of fused-ring (bicyclic) bond motifs is 5. The fraction of sp³-hybridized carbons (Fsp3) is 0.613. The Hall–Kier alpha value is -7.48. The number of urea groups is 1. The molecule has 4 amide bonds. The van der Waals surface area contributed by atoms with Crippen molar-refractivity contribution in [2.45, 2.75) is 198 Å². The lowest BCUT2D eigenvalue weighted by Gasteiger charge is -2.71. The number of amides is 4. The van der Waals surface area contributed by atoms with E-state index in [1.54, 1.807) is 104 Å². The van der Waals surface area contributed by atoms with Gasteiger partial charge in [-0.3, -0.25) is 24.0 Å². The number of rotatable bonds is 25. The highest BCUT2D eigenvalue weighted by molar-refractivity contribution is 5.95. The van der Waals surface area contributed by atoms with E-state index in [2.05, 4.69) is 21.3 Å². The molecule has 4 aliphatic rings. The fourth-order valence-electron chi connectivity index (χ4n) is 13.3. The molecule has 2 aromatic carbocycles. The molecule has 6 rings (SSSR count). The van der Waals surface area contributed by atoms with Crippen LogP contribution in [0.25, 0.3) is 0 Å². The minimum atomic E-state index is -2.44. The molecule has 0 radical (unpaired) electrons. The number of hydrogen-bond donors (Lipinski definition) is 7. The average Bonchev–Trinajstić information content (AvgIpc) is 0.659. The lowest BCUT2D eigenvalue weighted by atomic mass is 9.41. The van der Waals surface area contributed by atoms with E-state index in [0.717, 1.165) is 0 Å². The molecule has 7 N–H and O–H groups in total. The molecule has 13 atom stereocenters. The van der Waals surface area contributed by atoms with Crippen molar-refractivity contribution in [1.82, 2.24) is 21.3 Å². The maximum Gasteiger partial charge on any atom is 0.408 e. The number of carboxylic acid groups (broad SMARTS) is 2. The van der Waals surface area contributed by atoms with Crippen molar-refractivity contribution in [3.8, 4) is 0 Å². The van der Waals surface area contributed by atoms with Crippen LogP contribution in [0, 0.1) is 16.7 Å². The number of ketones is 1. The van der Waals surface area contributed by atoms with Crippen molar-refractivity contribution < 1.29 is 101 Å². The zero-order valence-electron chi connectivity index (χ0n) is 51.4. The summed E-state index contributed by atoms with van der Waals surface area (Å²) in [5.41, 5.74) is -10.3. The van der Waals surface area contributed by atoms with Gasteiger partial charge in [-0.1, -0.05) is 62.4 Å².